The standard InChI is InChI=1S/C18H29N3O4S/c1-14(2)25-17-7-5-15(6-8-17)13-19-18(22)16-9-11-21(12-10-16)26(23,24)20(3)4/h5-8,14,16H,9-13H2,1-4H3,(H,19,22). The van der Waals surface area contributed by atoms with E-state index in [1.165, 1.54) is 22.7 Å². The van der Waals surface area contributed by atoms with Gasteiger partial charge in [0, 0.05) is 39.6 Å². The molecule has 1 heterocycles. The number of piperidine rings is 1. The molecule has 0 unspecified atom stereocenters. The average Bonchev–Trinajstić information content (AvgIpc) is 2.60. The Hall–Kier alpha value is -1.64. The highest BCUT2D eigenvalue weighted by Gasteiger charge is 2.32. The quantitative estimate of drug-likeness (QED) is 0.776. The topological polar surface area (TPSA) is 79.0 Å². The van der Waals surface area contributed by atoms with Crippen molar-refractivity contribution in [1.29, 1.82) is 0 Å². The maximum Gasteiger partial charge on any atom is 0.281 e. The van der Waals surface area contributed by atoms with Gasteiger partial charge in [-0.25, -0.2) is 0 Å². The van der Waals surface area contributed by atoms with Crippen molar-refractivity contribution in [2.75, 3.05) is 27.2 Å². The summed E-state index contributed by atoms with van der Waals surface area (Å²) in [7, 11) is -0.355. The summed E-state index contributed by atoms with van der Waals surface area (Å²) in [6.45, 7) is 5.16. The zero-order chi connectivity index (χ0) is 19.3. The molecule has 1 fully saturated rings. The van der Waals surface area contributed by atoms with Crippen molar-refractivity contribution in [3.8, 4) is 5.75 Å². The Kier molecular flexibility index (Phi) is 7.02. The minimum Gasteiger partial charge on any atom is -0.491 e. The van der Waals surface area contributed by atoms with Crippen LogP contribution in [0.1, 0.15) is 32.3 Å². The van der Waals surface area contributed by atoms with Crippen molar-refractivity contribution in [2.24, 2.45) is 5.92 Å². The molecule has 0 saturated carbocycles. The van der Waals surface area contributed by atoms with Crippen LogP contribution in [0.2, 0.25) is 0 Å². The van der Waals surface area contributed by atoms with Gasteiger partial charge in [-0.1, -0.05) is 12.1 Å². The molecule has 0 aliphatic carbocycles. The molecule has 7 nitrogen and oxygen atoms in total. The van der Waals surface area contributed by atoms with Crippen LogP contribution in [0.25, 0.3) is 0 Å². The van der Waals surface area contributed by atoms with E-state index in [2.05, 4.69) is 5.32 Å². The lowest BCUT2D eigenvalue weighted by Crippen LogP contribution is -2.46. The van der Waals surface area contributed by atoms with Gasteiger partial charge < -0.3 is 10.1 Å². The summed E-state index contributed by atoms with van der Waals surface area (Å²) < 4.78 is 32.5. The maximum absolute atomic E-state index is 12.4. The van der Waals surface area contributed by atoms with E-state index < -0.39 is 10.2 Å². The molecule has 1 N–H and O–H groups in total. The Morgan fingerprint density at radius 1 is 1.23 bits per heavy atom. The maximum atomic E-state index is 12.4. The number of amides is 1. The molecule has 2 rings (SSSR count). The molecule has 0 atom stereocenters. The first kappa shape index (κ1) is 20.7. The Morgan fingerprint density at radius 2 is 1.81 bits per heavy atom. The second-order valence-electron chi connectivity index (χ2n) is 6.99. The molecule has 0 radical (unpaired) electrons. The van der Waals surface area contributed by atoms with Crippen molar-refractivity contribution in [1.82, 2.24) is 13.9 Å². The van der Waals surface area contributed by atoms with Gasteiger partial charge >= 0.3 is 0 Å². The van der Waals surface area contributed by atoms with Gasteiger partial charge in [0.25, 0.3) is 10.2 Å². The second kappa shape index (κ2) is 8.83. The van der Waals surface area contributed by atoms with Crippen LogP contribution in [0.4, 0.5) is 0 Å². The summed E-state index contributed by atoms with van der Waals surface area (Å²) in [6, 6.07) is 7.66. The Bertz CT molecular complexity index is 694. The van der Waals surface area contributed by atoms with Crippen molar-refractivity contribution in [3.63, 3.8) is 0 Å². The number of nitrogens with one attached hydrogen (secondary N) is 1. The SMILES string of the molecule is CC(C)Oc1ccc(CNC(=O)C2CCN(S(=O)(=O)N(C)C)CC2)cc1. The van der Waals surface area contributed by atoms with E-state index in [-0.39, 0.29) is 17.9 Å². The summed E-state index contributed by atoms with van der Waals surface area (Å²) in [5.74, 6) is 0.645. The zero-order valence-corrected chi connectivity index (χ0v) is 16.8. The highest BCUT2D eigenvalue weighted by Crippen LogP contribution is 2.21. The Morgan fingerprint density at radius 3 is 2.31 bits per heavy atom. The third-order valence-electron chi connectivity index (χ3n) is 4.37. The van der Waals surface area contributed by atoms with Gasteiger partial charge in [-0.2, -0.15) is 17.0 Å². The van der Waals surface area contributed by atoms with Gasteiger partial charge in [0.2, 0.25) is 5.91 Å². The molecule has 0 aromatic heterocycles. The lowest BCUT2D eigenvalue weighted by molar-refractivity contribution is -0.126. The van der Waals surface area contributed by atoms with Crippen LogP contribution in [0.5, 0.6) is 5.75 Å². The van der Waals surface area contributed by atoms with E-state index in [1.54, 1.807) is 0 Å². The van der Waals surface area contributed by atoms with E-state index in [0.717, 1.165) is 11.3 Å². The molecule has 1 saturated heterocycles. The lowest BCUT2D eigenvalue weighted by atomic mass is 9.97. The van der Waals surface area contributed by atoms with Gasteiger partial charge in [0.1, 0.15) is 5.75 Å². The number of ether oxygens (including phenoxy) is 1. The molecule has 1 aromatic rings. The van der Waals surface area contributed by atoms with Crippen LogP contribution in [0.15, 0.2) is 24.3 Å². The highest BCUT2D eigenvalue weighted by atomic mass is 32.2. The predicted molar refractivity (Wildman–Crippen MR) is 101 cm³/mol. The Balaban J connectivity index is 1.81. The molecular weight excluding hydrogens is 354 g/mol. The molecule has 26 heavy (non-hydrogen) atoms. The molecule has 0 spiro atoms. The third kappa shape index (κ3) is 5.43. The molecule has 8 heteroatoms. The first-order valence-electron chi connectivity index (χ1n) is 8.91. The Labute approximate surface area is 156 Å². The fraction of sp³-hybridized carbons (Fsp3) is 0.611. The fourth-order valence-corrected chi connectivity index (χ4v) is 4.01. The van der Waals surface area contributed by atoms with E-state index in [1.807, 2.05) is 38.1 Å². The number of benzene rings is 1. The van der Waals surface area contributed by atoms with E-state index in [0.29, 0.717) is 32.5 Å². The van der Waals surface area contributed by atoms with E-state index in [9.17, 15) is 13.2 Å². The summed E-state index contributed by atoms with van der Waals surface area (Å²) in [5, 5.41) is 2.95. The van der Waals surface area contributed by atoms with Crippen LogP contribution in [-0.2, 0) is 21.5 Å². The average molecular weight is 384 g/mol. The van der Waals surface area contributed by atoms with Crippen LogP contribution >= 0.6 is 0 Å². The van der Waals surface area contributed by atoms with Gasteiger partial charge in [0.05, 0.1) is 6.10 Å². The van der Waals surface area contributed by atoms with Gasteiger partial charge in [0.15, 0.2) is 0 Å². The summed E-state index contributed by atoms with van der Waals surface area (Å²) in [6.07, 6.45) is 1.21. The summed E-state index contributed by atoms with van der Waals surface area (Å²) in [4.78, 5) is 12.4. The van der Waals surface area contributed by atoms with Crippen molar-refractivity contribution in [3.05, 3.63) is 29.8 Å². The first-order valence-corrected chi connectivity index (χ1v) is 10.3. The van der Waals surface area contributed by atoms with Crippen LogP contribution in [0, 0.1) is 5.92 Å². The minimum absolute atomic E-state index is 0.0191. The number of carbonyl (C=O) groups is 1. The summed E-state index contributed by atoms with van der Waals surface area (Å²) in [5.41, 5.74) is 1.00. The molecule has 1 aliphatic heterocycles. The number of hydrogen-bond donors (Lipinski definition) is 1. The molecular formula is C18H29N3O4S. The van der Waals surface area contributed by atoms with Crippen LogP contribution in [-0.4, -0.2) is 56.2 Å². The number of carbonyl (C=O) groups excluding carboxylic acids is 1. The van der Waals surface area contributed by atoms with E-state index >= 15 is 0 Å². The summed E-state index contributed by atoms with van der Waals surface area (Å²) >= 11 is 0. The smallest absolute Gasteiger partial charge is 0.281 e. The van der Waals surface area contributed by atoms with Gasteiger partial charge in [-0.05, 0) is 44.4 Å². The second-order valence-corrected chi connectivity index (χ2v) is 9.13. The monoisotopic (exact) mass is 383 g/mol. The van der Waals surface area contributed by atoms with Crippen molar-refractivity contribution >= 4 is 16.1 Å². The highest BCUT2D eigenvalue weighted by molar-refractivity contribution is 7.86. The number of rotatable bonds is 7. The molecule has 1 aromatic carbocycles. The molecule has 1 aliphatic rings. The number of nitrogens with zero attached hydrogens (tertiary/aromatic N) is 2. The van der Waals surface area contributed by atoms with Crippen molar-refractivity contribution < 1.29 is 17.9 Å². The van der Waals surface area contributed by atoms with Gasteiger partial charge in [-0.3, -0.25) is 4.79 Å². The van der Waals surface area contributed by atoms with Gasteiger partial charge in [-0.15, -0.1) is 0 Å². The minimum atomic E-state index is -3.39. The van der Waals surface area contributed by atoms with Crippen molar-refractivity contribution in [2.45, 2.75) is 39.3 Å². The lowest BCUT2D eigenvalue weighted by Gasteiger charge is -2.32. The molecule has 1 amide bonds. The fourth-order valence-electron chi connectivity index (χ4n) is 2.87. The first-order chi connectivity index (χ1) is 12.2. The van der Waals surface area contributed by atoms with E-state index in [4.69, 9.17) is 4.74 Å². The largest absolute Gasteiger partial charge is 0.491 e. The third-order valence-corrected chi connectivity index (χ3v) is 6.31. The predicted octanol–water partition coefficient (Wildman–Crippen LogP) is 1.61. The normalized spacial score (nSPS) is 16.8. The molecule has 0 bridgehead atoms. The molecule has 146 valence electrons. The zero-order valence-electron chi connectivity index (χ0n) is 15.9. The van der Waals surface area contributed by atoms with Crippen LogP contribution < -0.4 is 10.1 Å². The van der Waals surface area contributed by atoms with Crippen LogP contribution in [0.3, 0.4) is 0 Å². The number of hydrogen-bond acceptors (Lipinski definition) is 4.